The van der Waals surface area contributed by atoms with Crippen LogP contribution in [-0.4, -0.2) is 13.2 Å². The molecule has 0 heterocycles. The first-order valence-corrected chi connectivity index (χ1v) is 6.23. The molecule has 0 aliphatic rings. The van der Waals surface area contributed by atoms with Crippen molar-refractivity contribution in [3.05, 3.63) is 35.4 Å². The fourth-order valence-electron chi connectivity index (χ4n) is 1.54. The van der Waals surface area contributed by atoms with Gasteiger partial charge in [0.15, 0.2) is 0 Å². The first kappa shape index (κ1) is 13.2. The van der Waals surface area contributed by atoms with Crippen LogP contribution in [0.3, 0.4) is 0 Å². The SMILES string of the molecule is CCCCOCc1cccc(CNCC)c1. The maximum absolute atomic E-state index is 5.60. The molecule has 0 aromatic heterocycles. The first-order chi connectivity index (χ1) is 7.86. The van der Waals surface area contributed by atoms with E-state index >= 15 is 0 Å². The van der Waals surface area contributed by atoms with Crippen LogP contribution in [0.15, 0.2) is 24.3 Å². The molecule has 1 N–H and O–H groups in total. The van der Waals surface area contributed by atoms with E-state index in [1.807, 2.05) is 0 Å². The summed E-state index contributed by atoms with van der Waals surface area (Å²) in [6.07, 6.45) is 2.34. The number of hydrogen-bond acceptors (Lipinski definition) is 2. The number of nitrogens with one attached hydrogen (secondary N) is 1. The predicted octanol–water partition coefficient (Wildman–Crippen LogP) is 3.11. The minimum atomic E-state index is 0.736. The van der Waals surface area contributed by atoms with Gasteiger partial charge in [-0.3, -0.25) is 0 Å². The van der Waals surface area contributed by atoms with Gasteiger partial charge in [0.25, 0.3) is 0 Å². The third-order valence-electron chi connectivity index (χ3n) is 2.48. The van der Waals surface area contributed by atoms with Crippen LogP contribution in [0.25, 0.3) is 0 Å². The van der Waals surface area contributed by atoms with Crippen molar-refractivity contribution in [2.45, 2.75) is 39.8 Å². The summed E-state index contributed by atoms with van der Waals surface area (Å²) in [5.41, 5.74) is 2.60. The Labute approximate surface area is 99.0 Å². The van der Waals surface area contributed by atoms with Crippen molar-refractivity contribution in [2.24, 2.45) is 0 Å². The molecule has 0 aliphatic carbocycles. The average Bonchev–Trinajstić information content (AvgIpc) is 2.33. The van der Waals surface area contributed by atoms with Gasteiger partial charge < -0.3 is 10.1 Å². The van der Waals surface area contributed by atoms with E-state index in [1.54, 1.807) is 0 Å². The van der Waals surface area contributed by atoms with Crippen LogP contribution in [0.5, 0.6) is 0 Å². The molecule has 2 heteroatoms. The maximum atomic E-state index is 5.60. The highest BCUT2D eigenvalue weighted by molar-refractivity contribution is 5.22. The molecule has 90 valence electrons. The number of hydrogen-bond donors (Lipinski definition) is 1. The van der Waals surface area contributed by atoms with Crippen molar-refractivity contribution in [2.75, 3.05) is 13.2 Å². The second-order valence-electron chi connectivity index (χ2n) is 4.01. The fourth-order valence-corrected chi connectivity index (χ4v) is 1.54. The lowest BCUT2D eigenvalue weighted by Gasteiger charge is -2.06. The molecule has 16 heavy (non-hydrogen) atoms. The molecule has 0 bridgehead atoms. The van der Waals surface area contributed by atoms with Gasteiger partial charge in [-0.1, -0.05) is 44.5 Å². The first-order valence-electron chi connectivity index (χ1n) is 6.23. The summed E-state index contributed by atoms with van der Waals surface area (Å²) in [7, 11) is 0. The van der Waals surface area contributed by atoms with Crippen LogP contribution in [0, 0.1) is 0 Å². The standard InChI is InChI=1S/C14H23NO/c1-3-5-9-16-12-14-8-6-7-13(10-14)11-15-4-2/h6-8,10,15H,3-5,9,11-12H2,1-2H3. The van der Waals surface area contributed by atoms with Gasteiger partial charge in [-0.2, -0.15) is 0 Å². The van der Waals surface area contributed by atoms with Crippen LogP contribution in [-0.2, 0) is 17.9 Å². The molecule has 0 aliphatic heterocycles. The number of ether oxygens (including phenoxy) is 1. The van der Waals surface area contributed by atoms with Gasteiger partial charge in [0.05, 0.1) is 6.61 Å². The number of benzene rings is 1. The number of unbranched alkanes of at least 4 members (excludes halogenated alkanes) is 1. The molecule has 0 saturated heterocycles. The van der Waals surface area contributed by atoms with E-state index < -0.39 is 0 Å². The molecule has 0 radical (unpaired) electrons. The van der Waals surface area contributed by atoms with Crippen LogP contribution in [0.4, 0.5) is 0 Å². The Hall–Kier alpha value is -0.860. The Morgan fingerprint density at radius 2 is 2.00 bits per heavy atom. The molecular weight excluding hydrogens is 198 g/mol. The zero-order valence-corrected chi connectivity index (χ0v) is 10.5. The molecule has 1 aromatic carbocycles. The Morgan fingerprint density at radius 1 is 1.19 bits per heavy atom. The summed E-state index contributed by atoms with van der Waals surface area (Å²) >= 11 is 0. The fraction of sp³-hybridized carbons (Fsp3) is 0.571. The number of rotatable bonds is 8. The average molecular weight is 221 g/mol. The van der Waals surface area contributed by atoms with Gasteiger partial charge in [-0.25, -0.2) is 0 Å². The lowest BCUT2D eigenvalue weighted by Crippen LogP contribution is -2.11. The van der Waals surface area contributed by atoms with E-state index in [0.29, 0.717) is 0 Å². The molecule has 0 atom stereocenters. The molecule has 1 rings (SSSR count). The minimum absolute atomic E-state index is 0.736. The Kier molecular flexibility index (Phi) is 6.86. The van der Waals surface area contributed by atoms with E-state index in [9.17, 15) is 0 Å². The highest BCUT2D eigenvalue weighted by Crippen LogP contribution is 2.07. The third-order valence-corrected chi connectivity index (χ3v) is 2.48. The molecular formula is C14H23NO. The quantitative estimate of drug-likeness (QED) is 0.681. The van der Waals surface area contributed by atoms with Gasteiger partial charge in [0.1, 0.15) is 0 Å². The summed E-state index contributed by atoms with van der Waals surface area (Å²) < 4.78 is 5.60. The monoisotopic (exact) mass is 221 g/mol. The second-order valence-corrected chi connectivity index (χ2v) is 4.01. The Balaban J connectivity index is 2.35. The van der Waals surface area contributed by atoms with Gasteiger partial charge in [-0.15, -0.1) is 0 Å². The molecule has 2 nitrogen and oxygen atoms in total. The van der Waals surface area contributed by atoms with Gasteiger partial charge in [0, 0.05) is 13.2 Å². The molecule has 0 saturated carbocycles. The van der Waals surface area contributed by atoms with Crippen molar-refractivity contribution in [3.63, 3.8) is 0 Å². The Bertz CT molecular complexity index is 286. The summed E-state index contributed by atoms with van der Waals surface area (Å²) in [5, 5.41) is 3.33. The van der Waals surface area contributed by atoms with Crippen molar-refractivity contribution >= 4 is 0 Å². The van der Waals surface area contributed by atoms with E-state index in [1.165, 1.54) is 17.5 Å². The van der Waals surface area contributed by atoms with Crippen LogP contribution in [0.1, 0.15) is 37.8 Å². The largest absolute Gasteiger partial charge is 0.377 e. The highest BCUT2D eigenvalue weighted by Gasteiger charge is 1.96. The van der Waals surface area contributed by atoms with E-state index in [4.69, 9.17) is 4.74 Å². The Morgan fingerprint density at radius 3 is 2.75 bits per heavy atom. The lowest BCUT2D eigenvalue weighted by molar-refractivity contribution is 0.118. The van der Waals surface area contributed by atoms with E-state index in [2.05, 4.69) is 43.4 Å². The summed E-state index contributed by atoms with van der Waals surface area (Å²) in [4.78, 5) is 0. The maximum Gasteiger partial charge on any atom is 0.0716 e. The van der Waals surface area contributed by atoms with E-state index in [-0.39, 0.29) is 0 Å². The zero-order valence-electron chi connectivity index (χ0n) is 10.5. The molecule has 0 unspecified atom stereocenters. The highest BCUT2D eigenvalue weighted by atomic mass is 16.5. The summed E-state index contributed by atoms with van der Waals surface area (Å²) in [5.74, 6) is 0. The van der Waals surface area contributed by atoms with Gasteiger partial charge in [0.2, 0.25) is 0 Å². The van der Waals surface area contributed by atoms with Crippen molar-refractivity contribution in [1.82, 2.24) is 5.32 Å². The summed E-state index contributed by atoms with van der Waals surface area (Å²) in [6.45, 7) is 7.86. The van der Waals surface area contributed by atoms with Crippen molar-refractivity contribution < 1.29 is 4.74 Å². The zero-order chi connectivity index (χ0) is 11.6. The van der Waals surface area contributed by atoms with E-state index in [0.717, 1.165) is 32.7 Å². The smallest absolute Gasteiger partial charge is 0.0716 e. The molecule has 0 spiro atoms. The van der Waals surface area contributed by atoms with Gasteiger partial charge >= 0.3 is 0 Å². The molecule has 0 fully saturated rings. The topological polar surface area (TPSA) is 21.3 Å². The van der Waals surface area contributed by atoms with Gasteiger partial charge in [-0.05, 0) is 24.1 Å². The summed E-state index contributed by atoms with van der Waals surface area (Å²) in [6, 6.07) is 8.60. The van der Waals surface area contributed by atoms with Crippen LogP contribution >= 0.6 is 0 Å². The van der Waals surface area contributed by atoms with Crippen LogP contribution in [0.2, 0.25) is 0 Å². The van der Waals surface area contributed by atoms with Crippen molar-refractivity contribution in [1.29, 1.82) is 0 Å². The normalized spacial score (nSPS) is 10.6. The molecule has 1 aromatic rings. The second kappa shape index (κ2) is 8.31. The van der Waals surface area contributed by atoms with Crippen molar-refractivity contribution in [3.8, 4) is 0 Å². The third kappa shape index (κ3) is 5.29. The van der Waals surface area contributed by atoms with Crippen LogP contribution < -0.4 is 5.32 Å². The predicted molar refractivity (Wildman–Crippen MR) is 68.4 cm³/mol. The molecule has 0 amide bonds. The minimum Gasteiger partial charge on any atom is -0.377 e. The lowest BCUT2D eigenvalue weighted by atomic mass is 10.1.